The maximum Gasteiger partial charge on any atom is 0.166 e. The third kappa shape index (κ3) is 6.20. The van der Waals surface area contributed by atoms with E-state index < -0.39 is 47.7 Å². The highest BCUT2D eigenvalue weighted by Gasteiger charge is 2.58. The summed E-state index contributed by atoms with van der Waals surface area (Å²) in [5, 5.41) is 111. The van der Waals surface area contributed by atoms with Crippen LogP contribution in [0.3, 0.4) is 0 Å². The van der Waals surface area contributed by atoms with Crippen LogP contribution in [0, 0.1) is 0 Å². The fraction of sp³-hybridized carbons (Fsp3) is 0.143. The van der Waals surface area contributed by atoms with Gasteiger partial charge in [-0.05, 0) is 129 Å². The highest BCUT2D eigenvalue weighted by atomic mass is 16.5. The molecule has 0 aromatic heterocycles. The van der Waals surface area contributed by atoms with E-state index in [1.807, 2.05) is 24.3 Å². The number of aromatic hydroxyl groups is 10. The molecule has 12 rings (SSSR count). The monoisotopic (exact) mass is 906 g/mol. The van der Waals surface area contributed by atoms with Crippen LogP contribution in [0.2, 0.25) is 0 Å². The zero-order valence-corrected chi connectivity index (χ0v) is 35.8. The molecule has 0 saturated carbocycles. The van der Waals surface area contributed by atoms with Gasteiger partial charge in [0.25, 0.3) is 0 Å². The van der Waals surface area contributed by atoms with Gasteiger partial charge in [0.15, 0.2) is 11.5 Å². The van der Waals surface area contributed by atoms with Gasteiger partial charge < -0.3 is 60.5 Å². The average Bonchev–Trinajstić information content (AvgIpc) is 3.96. The van der Waals surface area contributed by atoms with Gasteiger partial charge in [-0.1, -0.05) is 48.5 Å². The molecule has 4 aliphatic rings. The highest BCUT2D eigenvalue weighted by Crippen LogP contribution is 2.73. The zero-order valence-electron chi connectivity index (χ0n) is 35.8. The minimum Gasteiger partial charge on any atom is -0.508 e. The number of phenolic OH excluding ortho intramolecular Hbond substituents is 10. The van der Waals surface area contributed by atoms with E-state index in [1.54, 1.807) is 97.1 Å². The first kappa shape index (κ1) is 40.8. The number of phenols is 10. The Labute approximate surface area is 388 Å². The summed E-state index contributed by atoms with van der Waals surface area (Å²) in [7, 11) is 0. The summed E-state index contributed by atoms with van der Waals surface area (Å²) in [5.74, 6) is -4.32. The predicted molar refractivity (Wildman–Crippen MR) is 248 cm³/mol. The van der Waals surface area contributed by atoms with E-state index in [-0.39, 0.29) is 63.2 Å². The lowest BCUT2D eigenvalue weighted by Gasteiger charge is -2.41. The molecule has 12 heteroatoms. The largest absolute Gasteiger partial charge is 0.508 e. The van der Waals surface area contributed by atoms with Crippen LogP contribution in [0.15, 0.2) is 146 Å². The van der Waals surface area contributed by atoms with Crippen molar-refractivity contribution in [2.75, 3.05) is 0 Å². The van der Waals surface area contributed by atoms with E-state index in [9.17, 15) is 51.1 Å². The van der Waals surface area contributed by atoms with Crippen LogP contribution in [0.1, 0.15) is 114 Å². The Hall–Kier alpha value is -8.64. The molecule has 2 aliphatic heterocycles. The summed E-state index contributed by atoms with van der Waals surface area (Å²) >= 11 is 0. The molecule has 0 saturated heterocycles. The maximum absolute atomic E-state index is 12.7. The molecule has 68 heavy (non-hydrogen) atoms. The third-order valence-corrected chi connectivity index (χ3v) is 14.4. The van der Waals surface area contributed by atoms with Gasteiger partial charge in [-0.3, -0.25) is 0 Å². The van der Waals surface area contributed by atoms with Gasteiger partial charge in [-0.15, -0.1) is 0 Å². The molecule has 0 radical (unpaired) electrons. The smallest absolute Gasteiger partial charge is 0.166 e. The molecular formula is C56H42O12. The molecule has 8 aromatic rings. The minimum absolute atomic E-state index is 0.0244. The molecule has 8 atom stereocenters. The van der Waals surface area contributed by atoms with E-state index in [1.165, 1.54) is 24.3 Å². The molecule has 0 amide bonds. The molecule has 8 aromatic carbocycles. The number of benzene rings is 8. The summed E-state index contributed by atoms with van der Waals surface area (Å²) < 4.78 is 13.7. The summed E-state index contributed by atoms with van der Waals surface area (Å²) in [6.45, 7) is 0. The van der Waals surface area contributed by atoms with E-state index in [0.717, 1.165) is 16.7 Å². The van der Waals surface area contributed by atoms with Crippen molar-refractivity contribution in [3.63, 3.8) is 0 Å². The number of hydrogen-bond acceptors (Lipinski definition) is 12. The van der Waals surface area contributed by atoms with Crippen LogP contribution in [-0.2, 0) is 0 Å². The van der Waals surface area contributed by atoms with Gasteiger partial charge in [-0.25, -0.2) is 0 Å². The van der Waals surface area contributed by atoms with Gasteiger partial charge in [0.05, 0.1) is 11.8 Å². The van der Waals surface area contributed by atoms with Crippen molar-refractivity contribution in [1.29, 1.82) is 0 Å². The van der Waals surface area contributed by atoms with Crippen molar-refractivity contribution >= 4 is 0 Å². The first-order valence-electron chi connectivity index (χ1n) is 22.2. The van der Waals surface area contributed by atoms with Crippen LogP contribution < -0.4 is 9.47 Å². The molecule has 2 aliphatic carbocycles. The molecule has 10 N–H and O–H groups in total. The topological polar surface area (TPSA) is 221 Å². The Bertz CT molecular complexity index is 3290. The van der Waals surface area contributed by atoms with Gasteiger partial charge in [0, 0.05) is 58.6 Å². The highest BCUT2D eigenvalue weighted by molar-refractivity contribution is 5.75. The van der Waals surface area contributed by atoms with E-state index in [0.29, 0.717) is 55.8 Å². The van der Waals surface area contributed by atoms with Crippen molar-refractivity contribution in [3.8, 4) is 69.0 Å². The zero-order chi connectivity index (χ0) is 46.9. The summed E-state index contributed by atoms with van der Waals surface area (Å²) in [5.41, 5.74) is 7.73. The average molecular weight is 907 g/mol. The van der Waals surface area contributed by atoms with Gasteiger partial charge in [-0.2, -0.15) is 0 Å². The Kier molecular flexibility index (Phi) is 8.97. The Morgan fingerprint density at radius 1 is 0.279 bits per heavy atom. The number of fused-ring (bicyclic) bond motifs is 11. The van der Waals surface area contributed by atoms with Gasteiger partial charge in [0.2, 0.25) is 0 Å². The Morgan fingerprint density at radius 2 is 0.721 bits per heavy atom. The molecule has 0 fully saturated rings. The lowest BCUT2D eigenvalue weighted by atomic mass is 9.60. The summed E-state index contributed by atoms with van der Waals surface area (Å²) in [6, 6.07) is 38.8. The van der Waals surface area contributed by atoms with Crippen molar-refractivity contribution in [2.45, 2.75) is 47.7 Å². The number of rotatable bonds is 6. The van der Waals surface area contributed by atoms with Crippen molar-refractivity contribution in [1.82, 2.24) is 0 Å². The fourth-order valence-corrected chi connectivity index (χ4v) is 12.0. The predicted octanol–water partition coefficient (Wildman–Crippen LogP) is 10.4. The van der Waals surface area contributed by atoms with Crippen molar-refractivity contribution < 1.29 is 60.5 Å². The Morgan fingerprint density at radius 3 is 1.22 bits per heavy atom. The van der Waals surface area contributed by atoms with Crippen LogP contribution in [0.25, 0.3) is 0 Å². The molecule has 0 spiro atoms. The standard InChI is InChI=1S/C56H42O12/c57-31-9-1-25(2-10-31)43-47-39-23-41(66)56-53(46(30-19-37(63)22-38(64)20-30)55(68-56)28-7-15-34(60)16-8-28)48(39)51(43)44(26-3-11-32(58)12-4-26)49-40(65)24-42-50(52(47)49)45(29-17-35(61)21-36(62)18-29)54(67-42)27-5-13-33(59)14-6-27/h1-24,43-47,51,54-55,57-66H. The van der Waals surface area contributed by atoms with Gasteiger partial charge >= 0.3 is 0 Å². The normalized spacial score (nSPS) is 22.6. The van der Waals surface area contributed by atoms with Gasteiger partial charge in [0.1, 0.15) is 69.7 Å². The van der Waals surface area contributed by atoms with E-state index in [2.05, 4.69) is 0 Å². The van der Waals surface area contributed by atoms with E-state index >= 15 is 0 Å². The number of hydrogen-bond donors (Lipinski definition) is 10. The molecule has 12 nitrogen and oxygen atoms in total. The Balaban J connectivity index is 1.21. The van der Waals surface area contributed by atoms with Crippen LogP contribution in [0.5, 0.6) is 69.0 Å². The first-order chi connectivity index (χ1) is 32.8. The molecule has 338 valence electrons. The molecule has 2 heterocycles. The number of ether oxygens (including phenoxy) is 2. The van der Waals surface area contributed by atoms with Crippen LogP contribution in [0.4, 0.5) is 0 Å². The second-order valence-electron chi connectivity index (χ2n) is 18.2. The lowest BCUT2D eigenvalue weighted by Crippen LogP contribution is -2.28. The minimum atomic E-state index is -0.841. The van der Waals surface area contributed by atoms with Crippen molar-refractivity contribution in [2.24, 2.45) is 0 Å². The molecule has 2 bridgehead atoms. The maximum atomic E-state index is 12.7. The SMILES string of the molecule is Oc1ccc(C2Oc3cc(O)c4c(c3C2c2cc(O)cc(O)c2)C2c3cc(O)c5c(c3C(C4c3ccc(O)cc3)C2c2ccc(O)cc2)C(c2cc(O)cc(O)c2)C(c2ccc(O)cc2)O5)cc1. The second-order valence-corrected chi connectivity index (χ2v) is 18.2. The lowest BCUT2D eigenvalue weighted by molar-refractivity contribution is 0.215. The molecule has 8 unspecified atom stereocenters. The first-order valence-corrected chi connectivity index (χ1v) is 22.2. The summed E-state index contributed by atoms with van der Waals surface area (Å²) in [4.78, 5) is 0. The quantitative estimate of drug-likeness (QED) is 0.0753. The van der Waals surface area contributed by atoms with E-state index in [4.69, 9.17) is 9.47 Å². The van der Waals surface area contributed by atoms with Crippen LogP contribution in [-0.4, -0.2) is 51.1 Å². The second kappa shape index (κ2) is 14.9. The summed E-state index contributed by atoms with van der Waals surface area (Å²) in [6.07, 6.45) is -1.64. The molecular weight excluding hydrogens is 865 g/mol. The van der Waals surface area contributed by atoms with Crippen molar-refractivity contribution in [3.05, 3.63) is 212 Å². The third-order valence-electron chi connectivity index (χ3n) is 14.4. The fourth-order valence-electron chi connectivity index (χ4n) is 12.0. The van der Waals surface area contributed by atoms with Crippen LogP contribution >= 0.6 is 0 Å².